The Bertz CT molecular complexity index is 774. The quantitative estimate of drug-likeness (QED) is 0.741. The van der Waals surface area contributed by atoms with Crippen molar-refractivity contribution < 1.29 is 0 Å². The number of aryl methyl sites for hydroxylation is 3. The number of aromatic nitrogens is 5. The van der Waals surface area contributed by atoms with Crippen LogP contribution in [0.3, 0.4) is 0 Å². The molecule has 0 aliphatic rings. The van der Waals surface area contributed by atoms with Gasteiger partial charge in [0.15, 0.2) is 11.6 Å². The van der Waals surface area contributed by atoms with E-state index in [4.69, 9.17) is 0 Å². The summed E-state index contributed by atoms with van der Waals surface area (Å²) in [6.07, 6.45) is 0. The summed E-state index contributed by atoms with van der Waals surface area (Å²) in [5.74, 6) is 1.56. The Balaban J connectivity index is 1.79. The van der Waals surface area contributed by atoms with E-state index in [2.05, 4.69) is 25.2 Å². The summed E-state index contributed by atoms with van der Waals surface area (Å²) in [4.78, 5) is 7.58. The van der Waals surface area contributed by atoms with Crippen LogP contribution in [0.1, 0.15) is 22.0 Å². The van der Waals surface area contributed by atoms with E-state index < -0.39 is 0 Å². The van der Waals surface area contributed by atoms with Crippen LogP contribution in [-0.4, -0.2) is 32.0 Å². The van der Waals surface area contributed by atoms with Crippen LogP contribution in [0.4, 0.5) is 5.82 Å². The van der Waals surface area contributed by atoms with Gasteiger partial charge in [-0.05, 0) is 39.0 Å². The lowest BCUT2D eigenvalue weighted by atomic mass is 10.3. The van der Waals surface area contributed by atoms with Crippen LogP contribution in [-0.2, 0) is 6.54 Å². The fraction of sp³-hybridized carbons (Fsp3) is 0.333. The summed E-state index contributed by atoms with van der Waals surface area (Å²) in [7, 11) is 2.01. The number of rotatable bonds is 4. The lowest BCUT2D eigenvalue weighted by Gasteiger charge is -2.17. The van der Waals surface area contributed by atoms with Gasteiger partial charge in [0.1, 0.15) is 0 Å². The molecule has 3 rings (SSSR count). The lowest BCUT2D eigenvalue weighted by molar-refractivity contribution is 0.772. The molecule has 0 N–H and O–H groups in total. The highest BCUT2D eigenvalue weighted by Crippen LogP contribution is 2.18. The van der Waals surface area contributed by atoms with Crippen molar-refractivity contribution in [3.05, 3.63) is 45.7 Å². The van der Waals surface area contributed by atoms with Gasteiger partial charge >= 0.3 is 0 Å². The van der Waals surface area contributed by atoms with E-state index in [0.717, 1.165) is 35.3 Å². The highest BCUT2D eigenvalue weighted by Gasteiger charge is 2.10. The molecule has 0 saturated carbocycles. The van der Waals surface area contributed by atoms with Crippen molar-refractivity contribution >= 4 is 17.2 Å². The number of thiazole rings is 1. The van der Waals surface area contributed by atoms with Crippen molar-refractivity contribution in [2.24, 2.45) is 0 Å². The standard InChI is InChI=1S/C15H18N6S/c1-10-7-11(2)21(19-10)15-6-5-14(17-18-15)20(4)8-13-12(3)16-9-22-13/h5-7,9H,8H2,1-4H3. The first-order valence-electron chi connectivity index (χ1n) is 7.02. The maximum atomic E-state index is 4.42. The number of hydrogen-bond donors (Lipinski definition) is 0. The molecule has 7 heteroatoms. The summed E-state index contributed by atoms with van der Waals surface area (Å²) in [5, 5.41) is 13.0. The van der Waals surface area contributed by atoms with E-state index in [1.54, 1.807) is 16.0 Å². The van der Waals surface area contributed by atoms with Crippen LogP contribution < -0.4 is 4.90 Å². The third-order valence-electron chi connectivity index (χ3n) is 3.48. The van der Waals surface area contributed by atoms with Gasteiger partial charge in [0, 0.05) is 17.6 Å². The second-order valence-corrected chi connectivity index (χ2v) is 6.24. The smallest absolute Gasteiger partial charge is 0.176 e. The van der Waals surface area contributed by atoms with Crippen molar-refractivity contribution in [2.75, 3.05) is 11.9 Å². The van der Waals surface area contributed by atoms with E-state index in [-0.39, 0.29) is 0 Å². The van der Waals surface area contributed by atoms with Crippen molar-refractivity contribution in [1.82, 2.24) is 25.0 Å². The monoisotopic (exact) mass is 314 g/mol. The molecule has 0 spiro atoms. The van der Waals surface area contributed by atoms with E-state index in [1.807, 2.05) is 51.5 Å². The Hall–Kier alpha value is -2.28. The minimum Gasteiger partial charge on any atom is -0.353 e. The molecule has 0 bridgehead atoms. The number of nitrogens with zero attached hydrogens (tertiary/aromatic N) is 6. The average Bonchev–Trinajstić information content (AvgIpc) is 3.05. The first kappa shape index (κ1) is 14.6. The molecule has 3 aromatic heterocycles. The SMILES string of the molecule is Cc1cc(C)n(-c2ccc(N(C)Cc3scnc3C)nn2)n1. The molecule has 0 radical (unpaired) electrons. The number of anilines is 1. The van der Waals surface area contributed by atoms with Crippen LogP contribution in [0.15, 0.2) is 23.7 Å². The van der Waals surface area contributed by atoms with Crippen LogP contribution in [0, 0.1) is 20.8 Å². The van der Waals surface area contributed by atoms with E-state index in [9.17, 15) is 0 Å². The zero-order valence-electron chi connectivity index (χ0n) is 13.1. The molecule has 0 amide bonds. The molecular weight excluding hydrogens is 296 g/mol. The molecule has 0 aliphatic carbocycles. The van der Waals surface area contributed by atoms with Gasteiger partial charge in [-0.15, -0.1) is 21.5 Å². The largest absolute Gasteiger partial charge is 0.353 e. The zero-order chi connectivity index (χ0) is 15.7. The fourth-order valence-electron chi connectivity index (χ4n) is 2.27. The minimum absolute atomic E-state index is 0.733. The van der Waals surface area contributed by atoms with Crippen molar-refractivity contribution in [2.45, 2.75) is 27.3 Å². The molecule has 0 aromatic carbocycles. The molecule has 0 fully saturated rings. The summed E-state index contributed by atoms with van der Waals surface area (Å²) in [6, 6.07) is 5.93. The predicted molar refractivity (Wildman–Crippen MR) is 87.6 cm³/mol. The fourth-order valence-corrected chi connectivity index (χ4v) is 3.10. The predicted octanol–water partition coefficient (Wildman–Crippen LogP) is 2.68. The van der Waals surface area contributed by atoms with Gasteiger partial charge in [0.2, 0.25) is 0 Å². The minimum atomic E-state index is 0.733. The topological polar surface area (TPSA) is 59.7 Å². The molecule has 0 aliphatic heterocycles. The normalized spacial score (nSPS) is 10.9. The second-order valence-electron chi connectivity index (χ2n) is 5.31. The van der Waals surface area contributed by atoms with Crippen LogP contribution in [0.2, 0.25) is 0 Å². The van der Waals surface area contributed by atoms with Gasteiger partial charge in [-0.2, -0.15) is 5.10 Å². The summed E-state index contributed by atoms with van der Waals surface area (Å²) in [6.45, 7) is 6.78. The van der Waals surface area contributed by atoms with Gasteiger partial charge in [-0.25, -0.2) is 9.67 Å². The molecule has 0 atom stereocenters. The molecule has 22 heavy (non-hydrogen) atoms. The highest BCUT2D eigenvalue weighted by atomic mass is 32.1. The molecule has 0 saturated heterocycles. The first-order chi connectivity index (χ1) is 10.5. The first-order valence-corrected chi connectivity index (χ1v) is 7.90. The Morgan fingerprint density at radius 1 is 1.18 bits per heavy atom. The highest BCUT2D eigenvalue weighted by molar-refractivity contribution is 7.09. The van der Waals surface area contributed by atoms with Gasteiger partial charge in [-0.3, -0.25) is 0 Å². The second kappa shape index (κ2) is 5.84. The zero-order valence-corrected chi connectivity index (χ0v) is 13.9. The third-order valence-corrected chi connectivity index (χ3v) is 4.40. The molecule has 0 unspecified atom stereocenters. The van der Waals surface area contributed by atoms with E-state index >= 15 is 0 Å². The summed E-state index contributed by atoms with van der Waals surface area (Å²) < 4.78 is 1.81. The Labute approximate surface area is 133 Å². The molecule has 114 valence electrons. The van der Waals surface area contributed by atoms with Crippen LogP contribution in [0.5, 0.6) is 0 Å². The van der Waals surface area contributed by atoms with Gasteiger partial charge in [0.25, 0.3) is 0 Å². The average molecular weight is 314 g/mol. The van der Waals surface area contributed by atoms with Gasteiger partial charge < -0.3 is 4.90 Å². The van der Waals surface area contributed by atoms with Crippen molar-refractivity contribution in [3.8, 4) is 5.82 Å². The van der Waals surface area contributed by atoms with Crippen LogP contribution in [0.25, 0.3) is 5.82 Å². The molecule has 3 heterocycles. The molecular formula is C15H18N6S. The third kappa shape index (κ3) is 2.85. The van der Waals surface area contributed by atoms with E-state index in [1.165, 1.54) is 4.88 Å². The van der Waals surface area contributed by atoms with Crippen molar-refractivity contribution in [1.29, 1.82) is 0 Å². The molecule has 6 nitrogen and oxygen atoms in total. The number of hydrogen-bond acceptors (Lipinski definition) is 6. The Kier molecular flexibility index (Phi) is 3.89. The Morgan fingerprint density at radius 3 is 2.55 bits per heavy atom. The maximum Gasteiger partial charge on any atom is 0.176 e. The van der Waals surface area contributed by atoms with Crippen LogP contribution >= 0.6 is 11.3 Å². The Morgan fingerprint density at radius 2 is 2.00 bits per heavy atom. The summed E-state index contributed by atoms with van der Waals surface area (Å²) >= 11 is 1.66. The van der Waals surface area contributed by atoms with Crippen molar-refractivity contribution in [3.63, 3.8) is 0 Å². The lowest BCUT2D eigenvalue weighted by Crippen LogP contribution is -2.18. The van der Waals surface area contributed by atoms with Gasteiger partial charge in [0.05, 0.1) is 23.4 Å². The van der Waals surface area contributed by atoms with E-state index in [0.29, 0.717) is 0 Å². The molecule has 3 aromatic rings. The summed E-state index contributed by atoms with van der Waals surface area (Å²) in [5.41, 5.74) is 4.97. The van der Waals surface area contributed by atoms with Gasteiger partial charge in [-0.1, -0.05) is 0 Å². The maximum absolute atomic E-state index is 4.42.